The molecule has 1 unspecified atom stereocenters. The van der Waals surface area contributed by atoms with Crippen LogP contribution in [0.1, 0.15) is 42.9 Å². The average molecular weight is 273 g/mol. The predicted octanol–water partition coefficient (Wildman–Crippen LogP) is 1.76. The van der Waals surface area contributed by atoms with Crippen LogP contribution in [-0.2, 0) is 11.2 Å². The fraction of sp³-hybridized carbons (Fsp3) is 0.562. The molecule has 2 aliphatic carbocycles. The van der Waals surface area contributed by atoms with E-state index in [4.69, 9.17) is 5.73 Å². The first kappa shape index (κ1) is 13.4. The quantitative estimate of drug-likeness (QED) is 0.716. The molecule has 4 heteroatoms. The molecular formula is C16H23N3O. The number of carbonyl (C=O) groups excluding carboxylic acids is 1. The molecule has 0 heterocycles. The van der Waals surface area contributed by atoms with Crippen molar-refractivity contribution in [3.05, 3.63) is 29.3 Å². The number of hydrogen-bond acceptors (Lipinski definition) is 3. The number of fused-ring (bicyclic) bond motifs is 1. The maximum atomic E-state index is 12.0. The summed E-state index contributed by atoms with van der Waals surface area (Å²) >= 11 is 0. The van der Waals surface area contributed by atoms with E-state index in [2.05, 4.69) is 16.7 Å². The highest BCUT2D eigenvalue weighted by atomic mass is 16.1. The number of nitrogens with one attached hydrogen (secondary N) is 2. The smallest absolute Gasteiger partial charge is 0.234 e. The molecule has 3 rings (SSSR count). The van der Waals surface area contributed by atoms with Gasteiger partial charge in [0, 0.05) is 5.69 Å². The molecule has 108 valence electrons. The van der Waals surface area contributed by atoms with E-state index in [-0.39, 0.29) is 11.9 Å². The number of nitrogen functional groups attached to an aromatic ring is 1. The van der Waals surface area contributed by atoms with Gasteiger partial charge in [-0.1, -0.05) is 6.07 Å². The van der Waals surface area contributed by atoms with E-state index < -0.39 is 0 Å². The van der Waals surface area contributed by atoms with Crippen LogP contribution >= 0.6 is 0 Å². The zero-order valence-corrected chi connectivity index (χ0v) is 11.8. The second-order valence-corrected chi connectivity index (χ2v) is 6.04. The molecule has 0 spiro atoms. The van der Waals surface area contributed by atoms with Gasteiger partial charge in [0.2, 0.25) is 5.91 Å². The summed E-state index contributed by atoms with van der Waals surface area (Å²) in [6, 6.07) is 6.18. The molecule has 0 aliphatic heterocycles. The van der Waals surface area contributed by atoms with Crippen molar-refractivity contribution >= 4 is 11.6 Å². The van der Waals surface area contributed by atoms with Crippen molar-refractivity contribution in [2.75, 3.05) is 18.8 Å². The Morgan fingerprint density at radius 1 is 1.30 bits per heavy atom. The van der Waals surface area contributed by atoms with Crippen LogP contribution in [-0.4, -0.2) is 19.0 Å². The third-order valence-corrected chi connectivity index (χ3v) is 4.23. The summed E-state index contributed by atoms with van der Waals surface area (Å²) in [5.74, 6) is 0.904. The summed E-state index contributed by atoms with van der Waals surface area (Å²) in [7, 11) is 0. The highest BCUT2D eigenvalue weighted by molar-refractivity contribution is 5.78. The van der Waals surface area contributed by atoms with Gasteiger partial charge >= 0.3 is 0 Å². The van der Waals surface area contributed by atoms with E-state index in [1.54, 1.807) is 0 Å². The zero-order valence-electron chi connectivity index (χ0n) is 11.8. The molecule has 0 bridgehead atoms. The number of amides is 1. The van der Waals surface area contributed by atoms with E-state index in [1.807, 2.05) is 12.1 Å². The van der Waals surface area contributed by atoms with Gasteiger partial charge in [-0.05, 0) is 67.8 Å². The highest BCUT2D eigenvalue weighted by Crippen LogP contribution is 2.31. The van der Waals surface area contributed by atoms with Crippen molar-refractivity contribution in [1.82, 2.24) is 10.6 Å². The van der Waals surface area contributed by atoms with Crippen LogP contribution in [0, 0.1) is 5.92 Å². The van der Waals surface area contributed by atoms with Crippen molar-refractivity contribution in [3.8, 4) is 0 Å². The van der Waals surface area contributed by atoms with Crippen LogP contribution in [0.2, 0.25) is 0 Å². The lowest BCUT2D eigenvalue weighted by Crippen LogP contribution is -2.38. The van der Waals surface area contributed by atoms with Gasteiger partial charge < -0.3 is 16.4 Å². The van der Waals surface area contributed by atoms with Gasteiger partial charge in [-0.3, -0.25) is 4.79 Å². The lowest BCUT2D eigenvalue weighted by molar-refractivity contribution is -0.121. The second kappa shape index (κ2) is 5.83. The molecule has 0 saturated heterocycles. The Bertz CT molecular complexity index is 496. The van der Waals surface area contributed by atoms with Crippen molar-refractivity contribution in [2.45, 2.75) is 38.1 Å². The molecular weight excluding hydrogens is 250 g/mol. The van der Waals surface area contributed by atoms with Gasteiger partial charge in [0.15, 0.2) is 0 Å². The summed E-state index contributed by atoms with van der Waals surface area (Å²) in [6.45, 7) is 1.41. The minimum absolute atomic E-state index is 0.0975. The van der Waals surface area contributed by atoms with Crippen LogP contribution < -0.4 is 16.4 Å². The monoisotopic (exact) mass is 273 g/mol. The largest absolute Gasteiger partial charge is 0.399 e. The van der Waals surface area contributed by atoms with Crippen LogP contribution in [0.3, 0.4) is 0 Å². The van der Waals surface area contributed by atoms with Crippen LogP contribution in [0.25, 0.3) is 0 Å². The Kier molecular flexibility index (Phi) is 3.92. The Morgan fingerprint density at radius 2 is 2.15 bits per heavy atom. The predicted molar refractivity (Wildman–Crippen MR) is 80.3 cm³/mol. The summed E-state index contributed by atoms with van der Waals surface area (Å²) in [5.41, 5.74) is 9.16. The van der Waals surface area contributed by atoms with Crippen LogP contribution in [0.15, 0.2) is 18.2 Å². The third-order valence-electron chi connectivity index (χ3n) is 4.23. The van der Waals surface area contributed by atoms with E-state index >= 15 is 0 Å². The highest BCUT2D eigenvalue weighted by Gasteiger charge is 2.23. The Hall–Kier alpha value is -1.55. The molecule has 1 fully saturated rings. The number of nitrogens with two attached hydrogens (primary N) is 1. The van der Waals surface area contributed by atoms with Gasteiger partial charge in [-0.15, -0.1) is 0 Å². The van der Waals surface area contributed by atoms with Crippen molar-refractivity contribution in [2.24, 2.45) is 5.92 Å². The average Bonchev–Trinajstić information content (AvgIpc) is 3.23. The summed E-state index contributed by atoms with van der Waals surface area (Å²) in [5, 5.41) is 6.38. The molecule has 0 aromatic heterocycles. The number of benzene rings is 1. The molecule has 1 atom stereocenters. The lowest BCUT2D eigenvalue weighted by Gasteiger charge is -2.26. The zero-order chi connectivity index (χ0) is 13.9. The topological polar surface area (TPSA) is 67.1 Å². The number of rotatable bonds is 5. The first-order chi connectivity index (χ1) is 9.72. The Balaban J connectivity index is 1.56. The summed E-state index contributed by atoms with van der Waals surface area (Å²) < 4.78 is 0. The molecule has 1 aromatic carbocycles. The molecule has 2 aliphatic rings. The van der Waals surface area contributed by atoms with Crippen LogP contribution in [0.5, 0.6) is 0 Å². The molecule has 20 heavy (non-hydrogen) atoms. The molecule has 4 nitrogen and oxygen atoms in total. The third kappa shape index (κ3) is 3.31. The first-order valence-electron chi connectivity index (χ1n) is 7.61. The number of anilines is 1. The maximum absolute atomic E-state index is 12.0. The summed E-state index contributed by atoms with van der Waals surface area (Å²) in [4.78, 5) is 12.0. The lowest BCUT2D eigenvalue weighted by atomic mass is 9.87. The van der Waals surface area contributed by atoms with Crippen molar-refractivity contribution in [3.63, 3.8) is 0 Å². The van der Waals surface area contributed by atoms with Gasteiger partial charge in [-0.2, -0.15) is 0 Å². The fourth-order valence-corrected chi connectivity index (χ4v) is 2.94. The first-order valence-corrected chi connectivity index (χ1v) is 7.61. The minimum atomic E-state index is 0.0975. The molecule has 1 aromatic rings. The molecule has 1 amide bonds. The number of hydrogen-bond donors (Lipinski definition) is 3. The molecule has 0 radical (unpaired) electrons. The normalized spacial score (nSPS) is 21.3. The fourth-order valence-electron chi connectivity index (χ4n) is 2.94. The maximum Gasteiger partial charge on any atom is 0.234 e. The Morgan fingerprint density at radius 3 is 2.95 bits per heavy atom. The second-order valence-electron chi connectivity index (χ2n) is 6.04. The van der Waals surface area contributed by atoms with Gasteiger partial charge in [-0.25, -0.2) is 0 Å². The standard InChI is InChI=1S/C16H23N3O/c17-13-6-7-14-12(8-13)2-1-3-15(14)19-16(20)10-18-9-11-4-5-11/h6-8,11,15,18H,1-5,9-10,17H2,(H,19,20). The summed E-state index contributed by atoms with van der Waals surface area (Å²) in [6.07, 6.45) is 5.81. The van der Waals surface area contributed by atoms with Gasteiger partial charge in [0.05, 0.1) is 12.6 Å². The van der Waals surface area contributed by atoms with Crippen LogP contribution in [0.4, 0.5) is 5.69 Å². The van der Waals surface area contributed by atoms with E-state index in [0.29, 0.717) is 6.54 Å². The van der Waals surface area contributed by atoms with Gasteiger partial charge in [0.1, 0.15) is 0 Å². The van der Waals surface area contributed by atoms with Gasteiger partial charge in [0.25, 0.3) is 0 Å². The van der Waals surface area contributed by atoms with Crippen molar-refractivity contribution in [1.29, 1.82) is 0 Å². The SMILES string of the molecule is Nc1ccc2c(c1)CCCC2NC(=O)CNCC1CC1. The number of aryl methyl sites for hydroxylation is 1. The molecule has 1 saturated carbocycles. The molecule has 4 N–H and O–H groups in total. The van der Waals surface area contributed by atoms with E-state index in [1.165, 1.54) is 24.0 Å². The van der Waals surface area contributed by atoms with Crippen molar-refractivity contribution < 1.29 is 4.79 Å². The van der Waals surface area contributed by atoms with E-state index in [9.17, 15) is 4.79 Å². The minimum Gasteiger partial charge on any atom is -0.399 e. The van der Waals surface area contributed by atoms with E-state index in [0.717, 1.165) is 37.4 Å². The number of carbonyl (C=O) groups is 1. The Labute approximate surface area is 120 Å².